The minimum atomic E-state index is -4.53. The van der Waals surface area contributed by atoms with Crippen molar-refractivity contribution in [1.82, 2.24) is 4.98 Å². The SMILES string of the molecule is CS(=O)(=O)c1cc(Oc2cccc(-c3ccnc4c(C(F)(F)F)cccc34)c2)ccc1Cl. The number of rotatable bonds is 4. The van der Waals surface area contributed by atoms with E-state index in [0.29, 0.717) is 22.3 Å². The van der Waals surface area contributed by atoms with Gasteiger partial charge in [0.2, 0.25) is 0 Å². The lowest BCUT2D eigenvalue weighted by atomic mass is 9.99. The summed E-state index contributed by atoms with van der Waals surface area (Å²) in [6.07, 6.45) is -2.15. The van der Waals surface area contributed by atoms with Gasteiger partial charge in [0.05, 0.1) is 21.0 Å². The molecule has 0 bridgehead atoms. The summed E-state index contributed by atoms with van der Waals surface area (Å²) in [7, 11) is -3.55. The predicted molar refractivity (Wildman–Crippen MR) is 117 cm³/mol. The quantitative estimate of drug-likeness (QED) is 0.325. The zero-order valence-corrected chi connectivity index (χ0v) is 18.1. The van der Waals surface area contributed by atoms with Crippen LogP contribution >= 0.6 is 11.6 Å². The van der Waals surface area contributed by atoms with Crippen LogP contribution in [-0.4, -0.2) is 19.7 Å². The molecule has 1 heterocycles. The fraction of sp³-hybridized carbons (Fsp3) is 0.0870. The number of para-hydroxylation sites is 1. The molecule has 4 aromatic rings. The zero-order valence-electron chi connectivity index (χ0n) is 16.5. The van der Waals surface area contributed by atoms with Crippen LogP contribution in [0.3, 0.4) is 0 Å². The van der Waals surface area contributed by atoms with Gasteiger partial charge in [0.25, 0.3) is 0 Å². The summed E-state index contributed by atoms with van der Waals surface area (Å²) in [6.45, 7) is 0. The Balaban J connectivity index is 1.76. The molecule has 0 unspecified atom stereocenters. The Morgan fingerprint density at radius 3 is 2.38 bits per heavy atom. The normalized spacial score (nSPS) is 12.2. The van der Waals surface area contributed by atoms with E-state index in [2.05, 4.69) is 4.98 Å². The highest BCUT2D eigenvalue weighted by atomic mass is 35.5. The minimum absolute atomic E-state index is 0.0624. The van der Waals surface area contributed by atoms with Crippen molar-refractivity contribution < 1.29 is 26.3 Å². The number of fused-ring (bicyclic) bond motifs is 1. The number of hydrogen-bond donors (Lipinski definition) is 0. The molecule has 0 N–H and O–H groups in total. The molecular formula is C23H15ClF3NO3S. The van der Waals surface area contributed by atoms with Crippen molar-refractivity contribution in [2.45, 2.75) is 11.1 Å². The molecule has 0 aliphatic rings. The molecule has 0 saturated carbocycles. The molecule has 0 atom stereocenters. The van der Waals surface area contributed by atoms with E-state index in [1.807, 2.05) is 0 Å². The lowest BCUT2D eigenvalue weighted by Gasteiger charge is -2.13. The molecule has 4 rings (SSSR count). The number of nitrogens with zero attached hydrogens (tertiary/aromatic N) is 1. The second-order valence-corrected chi connectivity index (χ2v) is 9.44. The van der Waals surface area contributed by atoms with Crippen LogP contribution in [0.5, 0.6) is 11.5 Å². The Bertz CT molecular complexity index is 1440. The van der Waals surface area contributed by atoms with Gasteiger partial charge in [0.15, 0.2) is 9.84 Å². The first-order valence-corrected chi connectivity index (χ1v) is 11.5. The monoisotopic (exact) mass is 477 g/mol. The Kier molecular flexibility index (Phi) is 5.60. The number of halogens is 4. The molecule has 0 fully saturated rings. The third kappa shape index (κ3) is 4.42. The van der Waals surface area contributed by atoms with Crippen LogP contribution in [-0.2, 0) is 16.0 Å². The van der Waals surface area contributed by atoms with Gasteiger partial charge in [-0.25, -0.2) is 8.42 Å². The van der Waals surface area contributed by atoms with Gasteiger partial charge in [-0.3, -0.25) is 4.98 Å². The van der Waals surface area contributed by atoms with Gasteiger partial charge in [0, 0.05) is 23.9 Å². The summed E-state index contributed by atoms with van der Waals surface area (Å²) < 4.78 is 69.8. The van der Waals surface area contributed by atoms with Crippen LogP contribution < -0.4 is 4.74 Å². The van der Waals surface area contributed by atoms with Crippen molar-refractivity contribution in [2.75, 3.05) is 6.26 Å². The zero-order chi connectivity index (χ0) is 23.1. The Labute approximate surface area is 187 Å². The average molecular weight is 478 g/mol. The van der Waals surface area contributed by atoms with E-state index in [1.165, 1.54) is 30.5 Å². The number of ether oxygens (including phenoxy) is 1. The van der Waals surface area contributed by atoms with Gasteiger partial charge in [-0.1, -0.05) is 35.9 Å². The molecule has 3 aromatic carbocycles. The summed E-state index contributed by atoms with van der Waals surface area (Å²) in [4.78, 5) is 3.88. The van der Waals surface area contributed by atoms with E-state index in [9.17, 15) is 21.6 Å². The van der Waals surface area contributed by atoms with Gasteiger partial charge in [-0.15, -0.1) is 0 Å². The lowest BCUT2D eigenvalue weighted by molar-refractivity contribution is -0.136. The first kappa shape index (κ1) is 22.1. The lowest BCUT2D eigenvalue weighted by Crippen LogP contribution is -2.06. The summed E-state index contributed by atoms with van der Waals surface area (Å²) >= 11 is 5.97. The van der Waals surface area contributed by atoms with Gasteiger partial charge in [-0.05, 0) is 47.5 Å². The van der Waals surface area contributed by atoms with Gasteiger partial charge in [-0.2, -0.15) is 13.2 Å². The van der Waals surface area contributed by atoms with E-state index in [-0.39, 0.29) is 21.2 Å². The number of hydrogen-bond acceptors (Lipinski definition) is 4. The van der Waals surface area contributed by atoms with Crippen LogP contribution in [0.15, 0.2) is 77.8 Å². The molecule has 4 nitrogen and oxygen atoms in total. The summed E-state index contributed by atoms with van der Waals surface area (Å²) in [6, 6.07) is 16.6. The number of benzene rings is 3. The molecule has 0 saturated heterocycles. The molecule has 0 aliphatic carbocycles. The first-order valence-electron chi connectivity index (χ1n) is 9.27. The smallest absolute Gasteiger partial charge is 0.418 e. The highest BCUT2D eigenvalue weighted by Crippen LogP contribution is 2.38. The highest BCUT2D eigenvalue weighted by Gasteiger charge is 2.33. The van der Waals surface area contributed by atoms with Crippen LogP contribution in [0.2, 0.25) is 5.02 Å². The standard InChI is InChI=1S/C23H15ClF3NO3S/c1-32(29,30)21-13-16(8-9-20(21)24)31-15-5-2-4-14(12-15)17-10-11-28-22-18(17)6-3-7-19(22)23(25,26)27/h2-13H,1H3. The number of sulfone groups is 1. The van der Waals surface area contributed by atoms with E-state index in [0.717, 1.165) is 12.3 Å². The fourth-order valence-electron chi connectivity index (χ4n) is 3.35. The maximum absolute atomic E-state index is 13.4. The number of alkyl halides is 3. The molecule has 164 valence electrons. The van der Waals surface area contributed by atoms with Gasteiger partial charge < -0.3 is 4.74 Å². The van der Waals surface area contributed by atoms with E-state index in [1.54, 1.807) is 36.4 Å². The molecular weight excluding hydrogens is 463 g/mol. The molecule has 0 amide bonds. The highest BCUT2D eigenvalue weighted by molar-refractivity contribution is 7.90. The van der Waals surface area contributed by atoms with Crippen LogP contribution in [0, 0.1) is 0 Å². The molecule has 32 heavy (non-hydrogen) atoms. The maximum atomic E-state index is 13.4. The Morgan fingerprint density at radius 1 is 0.938 bits per heavy atom. The molecule has 0 aliphatic heterocycles. The van der Waals surface area contributed by atoms with Crippen LogP contribution in [0.1, 0.15) is 5.56 Å². The fourth-order valence-corrected chi connectivity index (χ4v) is 4.64. The molecule has 0 spiro atoms. The average Bonchev–Trinajstić information content (AvgIpc) is 2.73. The largest absolute Gasteiger partial charge is 0.457 e. The second kappa shape index (κ2) is 8.11. The van der Waals surface area contributed by atoms with Crippen LogP contribution in [0.4, 0.5) is 13.2 Å². The summed E-state index contributed by atoms with van der Waals surface area (Å²) in [5.41, 5.74) is 0.226. The summed E-state index contributed by atoms with van der Waals surface area (Å²) in [5.74, 6) is 0.632. The third-order valence-electron chi connectivity index (χ3n) is 4.76. The maximum Gasteiger partial charge on any atom is 0.418 e. The predicted octanol–water partition coefficient (Wildman–Crippen LogP) is 6.77. The number of aromatic nitrogens is 1. The van der Waals surface area contributed by atoms with Crippen molar-refractivity contribution in [3.63, 3.8) is 0 Å². The van der Waals surface area contributed by atoms with Gasteiger partial charge >= 0.3 is 6.18 Å². The third-order valence-corrected chi connectivity index (χ3v) is 6.34. The Morgan fingerprint density at radius 2 is 1.66 bits per heavy atom. The Hall–Kier alpha value is -3.10. The minimum Gasteiger partial charge on any atom is -0.457 e. The van der Waals surface area contributed by atoms with Crippen molar-refractivity contribution in [3.8, 4) is 22.6 Å². The van der Waals surface area contributed by atoms with Crippen LogP contribution in [0.25, 0.3) is 22.0 Å². The van der Waals surface area contributed by atoms with E-state index < -0.39 is 21.6 Å². The van der Waals surface area contributed by atoms with Crippen molar-refractivity contribution in [1.29, 1.82) is 0 Å². The first-order chi connectivity index (χ1) is 15.0. The molecule has 1 aromatic heterocycles. The molecule has 9 heteroatoms. The topological polar surface area (TPSA) is 56.3 Å². The van der Waals surface area contributed by atoms with E-state index >= 15 is 0 Å². The van der Waals surface area contributed by atoms with Crippen molar-refractivity contribution >= 4 is 32.3 Å². The van der Waals surface area contributed by atoms with Gasteiger partial charge in [0.1, 0.15) is 11.5 Å². The second-order valence-electron chi connectivity index (χ2n) is 7.05. The van der Waals surface area contributed by atoms with Crippen molar-refractivity contribution in [2.24, 2.45) is 0 Å². The van der Waals surface area contributed by atoms with Crippen molar-refractivity contribution in [3.05, 3.63) is 83.5 Å². The molecule has 0 radical (unpaired) electrons. The summed E-state index contributed by atoms with van der Waals surface area (Å²) in [5, 5.41) is 0.433. The van der Waals surface area contributed by atoms with E-state index in [4.69, 9.17) is 16.3 Å². The number of pyridine rings is 1.